The molecule has 10 heteroatoms. The molecule has 0 aliphatic heterocycles. The number of hydrogen-bond donors (Lipinski definition) is 2. The van der Waals surface area contributed by atoms with Gasteiger partial charge in [0, 0.05) is 17.6 Å². The van der Waals surface area contributed by atoms with Crippen LogP contribution in [0.4, 0.5) is 0 Å². The molecule has 0 fully saturated rings. The summed E-state index contributed by atoms with van der Waals surface area (Å²) in [6.45, 7) is 0. The molecule has 0 radical (unpaired) electrons. The smallest absolute Gasteiger partial charge is 0.264 e. The summed E-state index contributed by atoms with van der Waals surface area (Å²) >= 11 is 1.14. The predicted molar refractivity (Wildman–Crippen MR) is 97.2 cm³/mol. The molecular formula is C17H12N4O4S2. The van der Waals surface area contributed by atoms with Crippen molar-refractivity contribution in [2.45, 2.75) is 11.3 Å². The first-order valence-corrected chi connectivity index (χ1v) is 9.90. The van der Waals surface area contributed by atoms with E-state index in [0.29, 0.717) is 10.7 Å². The van der Waals surface area contributed by atoms with Gasteiger partial charge in [0.1, 0.15) is 22.5 Å². The van der Waals surface area contributed by atoms with Crippen LogP contribution in [0, 0.1) is 11.3 Å². The van der Waals surface area contributed by atoms with Gasteiger partial charge in [0.2, 0.25) is 5.91 Å². The number of carbonyl (C=O) groups excluding carboxylic acids is 1. The number of nitrogens with one attached hydrogen (secondary N) is 1. The van der Waals surface area contributed by atoms with E-state index in [0.717, 1.165) is 11.3 Å². The van der Waals surface area contributed by atoms with Gasteiger partial charge < -0.3 is 5.11 Å². The Morgan fingerprint density at radius 3 is 2.70 bits per heavy atom. The quantitative estimate of drug-likeness (QED) is 0.667. The van der Waals surface area contributed by atoms with Crippen molar-refractivity contribution in [3.05, 3.63) is 59.2 Å². The molecule has 0 atom stereocenters. The van der Waals surface area contributed by atoms with Gasteiger partial charge in [-0.1, -0.05) is 18.2 Å². The Bertz CT molecular complexity index is 1140. The summed E-state index contributed by atoms with van der Waals surface area (Å²) in [6.07, 6.45) is 1.05. The predicted octanol–water partition coefficient (Wildman–Crippen LogP) is 1.83. The first-order valence-electron chi connectivity index (χ1n) is 7.53. The van der Waals surface area contributed by atoms with Crippen molar-refractivity contribution in [1.82, 2.24) is 14.7 Å². The van der Waals surface area contributed by atoms with E-state index in [1.807, 2.05) is 10.8 Å². The number of amides is 1. The third-order valence-corrected chi connectivity index (χ3v) is 5.68. The molecule has 3 aromatic rings. The molecule has 2 N–H and O–H groups in total. The summed E-state index contributed by atoms with van der Waals surface area (Å²) in [5.74, 6) is -0.932. The number of carbonyl (C=O) groups is 1. The molecule has 0 spiro atoms. The van der Waals surface area contributed by atoms with E-state index >= 15 is 0 Å². The molecule has 136 valence electrons. The van der Waals surface area contributed by atoms with E-state index in [1.165, 1.54) is 24.4 Å². The van der Waals surface area contributed by atoms with Crippen molar-refractivity contribution in [2.75, 3.05) is 0 Å². The number of nitriles is 1. The maximum atomic E-state index is 12.1. The highest BCUT2D eigenvalue weighted by atomic mass is 32.2. The van der Waals surface area contributed by atoms with Gasteiger partial charge >= 0.3 is 0 Å². The van der Waals surface area contributed by atoms with Crippen molar-refractivity contribution in [3.8, 4) is 22.5 Å². The molecule has 0 saturated heterocycles. The Morgan fingerprint density at radius 1 is 1.30 bits per heavy atom. The Morgan fingerprint density at radius 2 is 2.04 bits per heavy atom. The fourth-order valence-corrected chi connectivity index (χ4v) is 4.01. The molecule has 0 bridgehead atoms. The first-order chi connectivity index (χ1) is 12.9. The zero-order valence-electron chi connectivity index (χ0n) is 13.7. The molecule has 0 aliphatic rings. The van der Waals surface area contributed by atoms with Crippen LogP contribution >= 0.6 is 11.3 Å². The lowest BCUT2D eigenvalue weighted by Crippen LogP contribution is -2.31. The van der Waals surface area contributed by atoms with Gasteiger partial charge in [0.15, 0.2) is 0 Å². The molecule has 1 aromatic carbocycles. The number of hydrogen-bond acceptors (Lipinski definition) is 8. The average Bonchev–Trinajstić information content (AvgIpc) is 3.09. The van der Waals surface area contributed by atoms with E-state index in [9.17, 15) is 18.3 Å². The Hall–Kier alpha value is -3.29. The van der Waals surface area contributed by atoms with Gasteiger partial charge in [0.05, 0.1) is 22.6 Å². The second-order valence-corrected chi connectivity index (χ2v) is 7.91. The topological polar surface area (TPSA) is 133 Å². The summed E-state index contributed by atoms with van der Waals surface area (Å²) in [7, 11) is -3.95. The summed E-state index contributed by atoms with van der Waals surface area (Å²) in [5.41, 5.74) is 0.724. The standard InChI is InChI=1S/C17H12N4O4S2/c18-8-11-6-14(22)16(19-9-11)17-20-12(10-26-17)7-15(23)21-27(24,25)13-4-2-1-3-5-13/h1-6,9-10,22H,7H2,(H,21,23). The molecule has 27 heavy (non-hydrogen) atoms. The fourth-order valence-electron chi connectivity index (χ4n) is 2.19. The number of aromatic hydroxyl groups is 1. The normalized spacial score (nSPS) is 10.9. The van der Waals surface area contributed by atoms with E-state index in [2.05, 4.69) is 9.97 Å². The minimum atomic E-state index is -3.95. The van der Waals surface area contributed by atoms with Crippen LogP contribution in [0.2, 0.25) is 0 Å². The lowest BCUT2D eigenvalue weighted by Gasteiger charge is -2.05. The molecule has 3 rings (SSSR count). The van der Waals surface area contributed by atoms with Gasteiger partial charge in [-0.05, 0) is 12.1 Å². The average molecular weight is 400 g/mol. The number of pyridine rings is 1. The van der Waals surface area contributed by atoms with Crippen LogP contribution in [-0.4, -0.2) is 29.4 Å². The highest BCUT2D eigenvalue weighted by Crippen LogP contribution is 2.30. The third kappa shape index (κ3) is 4.28. The maximum absolute atomic E-state index is 12.1. The van der Waals surface area contributed by atoms with Gasteiger partial charge in [-0.3, -0.25) is 4.79 Å². The Balaban J connectivity index is 1.73. The van der Waals surface area contributed by atoms with Gasteiger partial charge in [-0.15, -0.1) is 11.3 Å². The van der Waals surface area contributed by atoms with Crippen molar-refractivity contribution >= 4 is 27.3 Å². The number of nitrogens with zero attached hydrogens (tertiary/aromatic N) is 3. The first kappa shape index (κ1) is 18.5. The van der Waals surface area contributed by atoms with Crippen LogP contribution in [0.5, 0.6) is 5.75 Å². The van der Waals surface area contributed by atoms with Crippen LogP contribution in [0.3, 0.4) is 0 Å². The number of aromatic nitrogens is 2. The number of sulfonamides is 1. The van der Waals surface area contributed by atoms with Crippen molar-refractivity contribution in [2.24, 2.45) is 0 Å². The van der Waals surface area contributed by atoms with E-state index in [-0.39, 0.29) is 28.3 Å². The maximum Gasteiger partial charge on any atom is 0.264 e. The molecule has 2 heterocycles. The molecular weight excluding hydrogens is 388 g/mol. The monoisotopic (exact) mass is 400 g/mol. The van der Waals surface area contributed by atoms with Gasteiger partial charge in [-0.25, -0.2) is 23.1 Å². The lowest BCUT2D eigenvalue weighted by molar-refractivity contribution is -0.118. The van der Waals surface area contributed by atoms with E-state index < -0.39 is 15.9 Å². The zero-order valence-corrected chi connectivity index (χ0v) is 15.3. The molecule has 2 aromatic heterocycles. The van der Waals surface area contributed by atoms with Crippen molar-refractivity contribution in [1.29, 1.82) is 5.26 Å². The highest BCUT2D eigenvalue weighted by Gasteiger charge is 2.19. The molecule has 0 unspecified atom stereocenters. The van der Waals surface area contributed by atoms with Crippen molar-refractivity contribution in [3.63, 3.8) is 0 Å². The lowest BCUT2D eigenvalue weighted by atomic mass is 10.2. The molecule has 0 aliphatic carbocycles. The highest BCUT2D eigenvalue weighted by molar-refractivity contribution is 7.90. The van der Waals surface area contributed by atoms with E-state index in [4.69, 9.17) is 5.26 Å². The van der Waals surface area contributed by atoms with Gasteiger partial charge in [-0.2, -0.15) is 5.26 Å². The summed E-state index contributed by atoms with van der Waals surface area (Å²) in [4.78, 5) is 20.2. The molecule has 1 amide bonds. The van der Waals surface area contributed by atoms with Crippen LogP contribution in [0.15, 0.2) is 52.9 Å². The van der Waals surface area contributed by atoms with Crippen LogP contribution < -0.4 is 4.72 Å². The SMILES string of the molecule is N#Cc1cnc(-c2nc(CC(=O)NS(=O)(=O)c3ccccc3)cs2)c(O)c1. The minimum Gasteiger partial charge on any atom is -0.506 e. The second-order valence-electron chi connectivity index (χ2n) is 5.37. The minimum absolute atomic E-state index is 0.0102. The van der Waals surface area contributed by atoms with Gasteiger partial charge in [0.25, 0.3) is 10.0 Å². The third-order valence-electron chi connectivity index (χ3n) is 3.39. The van der Waals surface area contributed by atoms with Crippen molar-refractivity contribution < 1.29 is 18.3 Å². The van der Waals surface area contributed by atoms with Crippen LogP contribution in [0.25, 0.3) is 10.7 Å². The second kappa shape index (κ2) is 7.53. The Labute approximate surface area is 158 Å². The fraction of sp³-hybridized carbons (Fsp3) is 0.0588. The summed E-state index contributed by atoms with van der Waals surface area (Å²) < 4.78 is 26.3. The molecule has 8 nitrogen and oxygen atoms in total. The van der Waals surface area contributed by atoms with E-state index in [1.54, 1.807) is 23.6 Å². The largest absolute Gasteiger partial charge is 0.506 e. The number of rotatable bonds is 5. The Kier molecular flexibility index (Phi) is 5.16. The van der Waals surface area contributed by atoms with Crippen LogP contribution in [0.1, 0.15) is 11.3 Å². The molecule has 0 saturated carbocycles. The summed E-state index contributed by atoms with van der Waals surface area (Å²) in [6, 6.07) is 10.7. The number of benzene rings is 1. The number of thiazole rings is 1. The summed E-state index contributed by atoms with van der Waals surface area (Å²) in [5, 5.41) is 20.7. The van der Waals surface area contributed by atoms with Crippen LogP contribution in [-0.2, 0) is 21.2 Å². The zero-order chi connectivity index (χ0) is 19.4.